The third-order valence-electron chi connectivity index (χ3n) is 4.63. The molecule has 0 bridgehead atoms. The lowest BCUT2D eigenvalue weighted by Gasteiger charge is -2.38. The van der Waals surface area contributed by atoms with Crippen molar-refractivity contribution in [3.63, 3.8) is 0 Å². The molecular formula is C17H20ClNO5. The average molecular weight is 354 g/mol. The first-order valence-electron chi connectivity index (χ1n) is 8.00. The van der Waals surface area contributed by atoms with E-state index < -0.39 is 11.5 Å². The van der Waals surface area contributed by atoms with Crippen LogP contribution in [0.25, 0.3) is 0 Å². The number of halogens is 1. The second-order valence-corrected chi connectivity index (χ2v) is 6.85. The zero-order valence-corrected chi connectivity index (χ0v) is 14.0. The van der Waals surface area contributed by atoms with Crippen molar-refractivity contribution in [2.75, 3.05) is 19.8 Å². The molecule has 6 nitrogen and oxygen atoms in total. The first-order chi connectivity index (χ1) is 11.5. The molecule has 0 radical (unpaired) electrons. The highest BCUT2D eigenvalue weighted by Crippen LogP contribution is 2.31. The Balaban J connectivity index is 1.70. The van der Waals surface area contributed by atoms with Crippen molar-refractivity contribution in [2.24, 2.45) is 5.92 Å². The number of hydrogen-bond donors (Lipinski definition) is 2. The summed E-state index contributed by atoms with van der Waals surface area (Å²) in [5.74, 6) is -0.711. The fourth-order valence-corrected chi connectivity index (χ4v) is 3.49. The van der Waals surface area contributed by atoms with Crippen LogP contribution < -0.4 is 10.1 Å². The molecule has 3 rings (SSSR count). The number of benzene rings is 1. The van der Waals surface area contributed by atoms with Gasteiger partial charge in [-0.2, -0.15) is 0 Å². The molecule has 1 amide bonds. The van der Waals surface area contributed by atoms with Gasteiger partial charge in [-0.3, -0.25) is 9.59 Å². The van der Waals surface area contributed by atoms with Gasteiger partial charge >= 0.3 is 5.97 Å². The Morgan fingerprint density at radius 2 is 2.08 bits per heavy atom. The van der Waals surface area contributed by atoms with E-state index in [2.05, 4.69) is 5.32 Å². The molecule has 24 heavy (non-hydrogen) atoms. The van der Waals surface area contributed by atoms with Gasteiger partial charge in [0.05, 0.1) is 17.9 Å². The van der Waals surface area contributed by atoms with Crippen LogP contribution in [0.1, 0.15) is 24.8 Å². The zero-order chi connectivity index (χ0) is 17.2. The van der Waals surface area contributed by atoms with Crippen molar-refractivity contribution in [3.05, 3.63) is 28.8 Å². The first kappa shape index (κ1) is 17.0. The van der Waals surface area contributed by atoms with Gasteiger partial charge in [0.25, 0.3) is 0 Å². The summed E-state index contributed by atoms with van der Waals surface area (Å²) in [5.41, 5.74) is 0.156. The van der Waals surface area contributed by atoms with E-state index in [1.807, 2.05) is 0 Å². The average Bonchev–Trinajstić information content (AvgIpc) is 2.54. The van der Waals surface area contributed by atoms with E-state index in [1.54, 1.807) is 18.2 Å². The van der Waals surface area contributed by atoms with Crippen LogP contribution in [0.5, 0.6) is 5.75 Å². The van der Waals surface area contributed by atoms with E-state index in [-0.39, 0.29) is 24.9 Å². The quantitative estimate of drug-likeness (QED) is 0.865. The van der Waals surface area contributed by atoms with Gasteiger partial charge in [0, 0.05) is 18.2 Å². The fraction of sp³-hybridized carbons (Fsp3) is 0.529. The van der Waals surface area contributed by atoms with Crippen molar-refractivity contribution >= 4 is 23.5 Å². The van der Waals surface area contributed by atoms with E-state index >= 15 is 0 Å². The number of carboxylic acid groups (broad SMARTS) is 1. The molecule has 0 spiro atoms. The van der Waals surface area contributed by atoms with Gasteiger partial charge in [0.15, 0.2) is 0 Å². The number of hydrogen-bond acceptors (Lipinski definition) is 4. The molecule has 0 saturated carbocycles. The Bertz CT molecular complexity index is 642. The molecule has 1 fully saturated rings. The summed E-state index contributed by atoms with van der Waals surface area (Å²) in [4.78, 5) is 23.9. The first-order valence-corrected chi connectivity index (χ1v) is 8.38. The van der Waals surface area contributed by atoms with E-state index in [4.69, 9.17) is 21.1 Å². The Morgan fingerprint density at radius 1 is 1.33 bits per heavy atom. The van der Waals surface area contributed by atoms with Gasteiger partial charge in [0.2, 0.25) is 5.91 Å². The number of aliphatic carboxylic acids is 1. The monoisotopic (exact) mass is 353 g/mol. The van der Waals surface area contributed by atoms with Crippen molar-refractivity contribution in [2.45, 2.75) is 31.2 Å². The molecular weight excluding hydrogens is 334 g/mol. The molecule has 1 aromatic rings. The van der Waals surface area contributed by atoms with Crippen LogP contribution in [0, 0.1) is 5.92 Å². The van der Waals surface area contributed by atoms with Crippen LogP contribution in [0.15, 0.2) is 18.2 Å². The number of fused-ring (bicyclic) bond motifs is 1. The molecule has 1 atom stereocenters. The summed E-state index contributed by atoms with van der Waals surface area (Å²) in [5, 5.41) is 12.8. The maximum atomic E-state index is 12.7. The van der Waals surface area contributed by atoms with E-state index in [0.717, 1.165) is 11.3 Å². The van der Waals surface area contributed by atoms with E-state index in [9.17, 15) is 14.7 Å². The minimum atomic E-state index is -0.922. The second-order valence-electron chi connectivity index (χ2n) is 6.42. The Labute approximate surface area is 145 Å². The van der Waals surface area contributed by atoms with E-state index in [1.165, 1.54) is 0 Å². The predicted molar refractivity (Wildman–Crippen MR) is 87.3 cm³/mol. The summed E-state index contributed by atoms with van der Waals surface area (Å²) in [7, 11) is 0. The van der Waals surface area contributed by atoms with E-state index in [0.29, 0.717) is 37.5 Å². The number of carboxylic acids is 1. The smallest absolute Gasteiger partial charge is 0.305 e. The van der Waals surface area contributed by atoms with Gasteiger partial charge in [0.1, 0.15) is 12.4 Å². The molecule has 130 valence electrons. The van der Waals surface area contributed by atoms with Crippen LogP contribution >= 0.6 is 11.6 Å². The van der Waals surface area contributed by atoms with Crippen LogP contribution in [0.2, 0.25) is 5.02 Å². The molecule has 1 saturated heterocycles. The standard InChI is InChI=1S/C17H20ClNO5/c18-13-1-2-14-11(8-13)7-12(10-24-14)16(22)19-17(9-15(20)21)3-5-23-6-4-17/h1-2,8,12H,3-7,9-10H2,(H,19,22)(H,20,21). The normalized spacial score (nSPS) is 22.1. The zero-order valence-electron chi connectivity index (χ0n) is 13.2. The van der Waals surface area contributed by atoms with Crippen molar-refractivity contribution in [3.8, 4) is 5.75 Å². The van der Waals surface area contributed by atoms with Gasteiger partial charge in [-0.1, -0.05) is 11.6 Å². The minimum Gasteiger partial charge on any atom is -0.492 e. The molecule has 1 unspecified atom stereocenters. The second kappa shape index (κ2) is 6.99. The third-order valence-corrected chi connectivity index (χ3v) is 4.86. The maximum absolute atomic E-state index is 12.7. The Hall–Kier alpha value is -1.79. The van der Waals surface area contributed by atoms with Gasteiger partial charge in [-0.15, -0.1) is 0 Å². The van der Waals surface area contributed by atoms with Crippen LogP contribution in [0.3, 0.4) is 0 Å². The molecule has 1 aromatic carbocycles. The van der Waals surface area contributed by atoms with Crippen LogP contribution in [0.4, 0.5) is 0 Å². The highest BCUT2D eigenvalue weighted by molar-refractivity contribution is 6.30. The molecule has 2 aliphatic heterocycles. The minimum absolute atomic E-state index is 0.0991. The number of ether oxygens (including phenoxy) is 2. The van der Waals surface area contributed by atoms with Crippen molar-refractivity contribution in [1.82, 2.24) is 5.32 Å². The molecule has 0 aromatic heterocycles. The maximum Gasteiger partial charge on any atom is 0.305 e. The van der Waals surface area contributed by atoms with Crippen molar-refractivity contribution in [1.29, 1.82) is 0 Å². The third kappa shape index (κ3) is 3.82. The number of rotatable bonds is 4. The molecule has 2 heterocycles. The Morgan fingerprint density at radius 3 is 2.79 bits per heavy atom. The molecule has 2 aliphatic rings. The molecule has 2 N–H and O–H groups in total. The summed E-state index contributed by atoms with van der Waals surface area (Å²) in [6, 6.07) is 5.36. The lowest BCUT2D eigenvalue weighted by atomic mass is 9.85. The summed E-state index contributed by atoms with van der Waals surface area (Å²) in [6.45, 7) is 1.18. The van der Waals surface area contributed by atoms with Crippen molar-refractivity contribution < 1.29 is 24.2 Å². The Kier molecular flexibility index (Phi) is 4.96. The number of carbonyl (C=O) groups excluding carboxylic acids is 1. The van der Waals surface area contributed by atoms with Gasteiger partial charge in [-0.25, -0.2) is 0 Å². The lowest BCUT2D eigenvalue weighted by molar-refractivity contribution is -0.141. The SMILES string of the molecule is O=C(O)CC1(NC(=O)C2COc3ccc(Cl)cc3C2)CCOCC1. The van der Waals surface area contributed by atoms with Gasteiger partial charge in [-0.05, 0) is 43.0 Å². The van der Waals surface area contributed by atoms with Gasteiger partial charge < -0.3 is 19.9 Å². The van der Waals surface area contributed by atoms with Crippen LogP contribution in [-0.2, 0) is 20.7 Å². The van der Waals surface area contributed by atoms with Crippen LogP contribution in [-0.4, -0.2) is 42.3 Å². The number of amides is 1. The summed E-state index contributed by atoms with van der Waals surface area (Å²) < 4.78 is 11.0. The fourth-order valence-electron chi connectivity index (χ4n) is 3.29. The highest BCUT2D eigenvalue weighted by Gasteiger charge is 2.38. The highest BCUT2D eigenvalue weighted by atomic mass is 35.5. The summed E-state index contributed by atoms with van der Waals surface area (Å²) >= 11 is 6.00. The summed E-state index contributed by atoms with van der Waals surface area (Å²) in [6.07, 6.45) is 1.43. The molecule has 0 aliphatic carbocycles. The topological polar surface area (TPSA) is 84.9 Å². The predicted octanol–water partition coefficient (Wildman–Crippen LogP) is 2.03. The number of carbonyl (C=O) groups is 2. The molecule has 7 heteroatoms. The largest absolute Gasteiger partial charge is 0.492 e. The lowest BCUT2D eigenvalue weighted by Crippen LogP contribution is -2.55. The number of nitrogens with one attached hydrogen (secondary N) is 1.